The third kappa shape index (κ3) is 2.88. The number of piperidine rings is 1. The molecule has 138 valence electrons. The third-order valence-electron chi connectivity index (χ3n) is 5.65. The molecule has 0 amide bonds. The predicted octanol–water partition coefficient (Wildman–Crippen LogP) is 1.84. The van der Waals surface area contributed by atoms with Crippen molar-refractivity contribution in [2.75, 3.05) is 13.1 Å². The lowest BCUT2D eigenvalue weighted by Crippen LogP contribution is -2.46. The van der Waals surface area contributed by atoms with E-state index >= 15 is 0 Å². The van der Waals surface area contributed by atoms with Gasteiger partial charge in [0.1, 0.15) is 11.6 Å². The fraction of sp³-hybridized carbons (Fsp3) is 0.350. The highest BCUT2D eigenvalue weighted by Crippen LogP contribution is 2.35. The van der Waals surface area contributed by atoms with E-state index in [1.807, 2.05) is 16.7 Å². The first-order valence-electron chi connectivity index (χ1n) is 9.17. The molecule has 3 aromatic rings. The fourth-order valence-electron chi connectivity index (χ4n) is 4.57. The summed E-state index contributed by atoms with van der Waals surface area (Å²) in [5, 5.41) is 0.266. The van der Waals surface area contributed by atoms with Gasteiger partial charge in [-0.3, -0.25) is 14.5 Å². The van der Waals surface area contributed by atoms with Crippen molar-refractivity contribution in [3.8, 4) is 0 Å². The summed E-state index contributed by atoms with van der Waals surface area (Å²) < 4.78 is 15.3. The summed E-state index contributed by atoms with van der Waals surface area (Å²) in [6.07, 6.45) is 1.08. The highest BCUT2D eigenvalue weighted by Gasteiger charge is 2.34. The minimum absolute atomic E-state index is 0.0726. The van der Waals surface area contributed by atoms with Crippen LogP contribution in [-0.4, -0.2) is 32.5 Å². The summed E-state index contributed by atoms with van der Waals surface area (Å²) in [5.41, 5.74) is 1.36. The lowest BCUT2D eigenvalue weighted by atomic mass is 9.83. The maximum atomic E-state index is 13.4. The van der Waals surface area contributed by atoms with Crippen LogP contribution in [0.3, 0.4) is 0 Å². The van der Waals surface area contributed by atoms with Crippen molar-refractivity contribution in [1.82, 2.24) is 19.4 Å². The second-order valence-corrected chi connectivity index (χ2v) is 7.57. The van der Waals surface area contributed by atoms with E-state index in [-0.39, 0.29) is 16.5 Å². The van der Waals surface area contributed by atoms with Crippen LogP contribution in [0.15, 0.2) is 46.0 Å². The Hall–Kier alpha value is -2.80. The van der Waals surface area contributed by atoms with Gasteiger partial charge in [0.15, 0.2) is 0 Å². The maximum absolute atomic E-state index is 13.4. The van der Waals surface area contributed by atoms with Crippen molar-refractivity contribution in [3.05, 3.63) is 74.4 Å². The molecule has 5 rings (SSSR count). The molecule has 6 nitrogen and oxygen atoms in total. The van der Waals surface area contributed by atoms with Crippen LogP contribution < -0.4 is 11.1 Å². The molecule has 0 radical (unpaired) electrons. The SMILES string of the molecule is O=c1[nH]c(CN2C[C@H]3C[C@@H](C2)c2cccc(=O)n2C3)nc2ccc(F)cc12. The van der Waals surface area contributed by atoms with Crippen molar-refractivity contribution in [3.63, 3.8) is 0 Å². The number of nitrogens with one attached hydrogen (secondary N) is 1. The van der Waals surface area contributed by atoms with Gasteiger partial charge < -0.3 is 9.55 Å². The van der Waals surface area contributed by atoms with E-state index < -0.39 is 5.82 Å². The number of pyridine rings is 1. The number of aromatic nitrogens is 3. The van der Waals surface area contributed by atoms with E-state index in [0.29, 0.717) is 29.7 Å². The zero-order valence-electron chi connectivity index (χ0n) is 14.7. The first kappa shape index (κ1) is 16.4. The van der Waals surface area contributed by atoms with Crippen molar-refractivity contribution < 1.29 is 4.39 Å². The number of hydrogen-bond donors (Lipinski definition) is 1. The topological polar surface area (TPSA) is 71.0 Å². The summed E-state index contributed by atoms with van der Waals surface area (Å²) in [6.45, 7) is 2.96. The number of halogens is 1. The number of benzene rings is 1. The van der Waals surface area contributed by atoms with Crippen molar-refractivity contribution in [1.29, 1.82) is 0 Å². The molecule has 2 bridgehead atoms. The third-order valence-corrected chi connectivity index (χ3v) is 5.65. The zero-order valence-corrected chi connectivity index (χ0v) is 14.7. The van der Waals surface area contributed by atoms with Crippen LogP contribution in [0.1, 0.15) is 23.9 Å². The molecule has 0 spiro atoms. The molecule has 2 atom stereocenters. The smallest absolute Gasteiger partial charge is 0.258 e. The van der Waals surface area contributed by atoms with Gasteiger partial charge in [0.25, 0.3) is 11.1 Å². The number of rotatable bonds is 2. The fourth-order valence-corrected chi connectivity index (χ4v) is 4.57. The summed E-state index contributed by atoms with van der Waals surface area (Å²) >= 11 is 0. The molecule has 2 aromatic heterocycles. The Morgan fingerprint density at radius 3 is 2.93 bits per heavy atom. The zero-order chi connectivity index (χ0) is 18.5. The molecule has 0 saturated carbocycles. The van der Waals surface area contributed by atoms with Gasteiger partial charge in [0.2, 0.25) is 0 Å². The second kappa shape index (κ2) is 6.13. The molecule has 0 aliphatic carbocycles. The van der Waals surface area contributed by atoms with Gasteiger partial charge >= 0.3 is 0 Å². The molecular weight excluding hydrogens is 347 g/mol. The van der Waals surface area contributed by atoms with Crippen LogP contribution in [-0.2, 0) is 13.1 Å². The van der Waals surface area contributed by atoms with Gasteiger partial charge in [-0.1, -0.05) is 6.07 Å². The number of hydrogen-bond acceptors (Lipinski definition) is 4. The van der Waals surface area contributed by atoms with Crippen molar-refractivity contribution in [2.24, 2.45) is 5.92 Å². The molecule has 1 N–H and O–H groups in total. The molecular formula is C20H19FN4O2. The van der Waals surface area contributed by atoms with Crippen LogP contribution in [0, 0.1) is 11.7 Å². The Morgan fingerprint density at radius 1 is 1.15 bits per heavy atom. The Balaban J connectivity index is 1.43. The number of likely N-dealkylation sites (tertiary alicyclic amines) is 1. The molecule has 1 saturated heterocycles. The number of fused-ring (bicyclic) bond motifs is 5. The van der Waals surface area contributed by atoms with Gasteiger partial charge in [-0.15, -0.1) is 0 Å². The molecule has 2 aliphatic heterocycles. The highest BCUT2D eigenvalue weighted by molar-refractivity contribution is 5.77. The summed E-state index contributed by atoms with van der Waals surface area (Å²) in [4.78, 5) is 34.0. The van der Waals surface area contributed by atoms with Crippen LogP contribution in [0.2, 0.25) is 0 Å². The summed E-state index contributed by atoms with van der Waals surface area (Å²) in [7, 11) is 0. The highest BCUT2D eigenvalue weighted by atomic mass is 19.1. The van der Waals surface area contributed by atoms with E-state index in [0.717, 1.165) is 31.7 Å². The Kier molecular flexibility index (Phi) is 3.72. The van der Waals surface area contributed by atoms with Crippen molar-refractivity contribution in [2.45, 2.75) is 25.4 Å². The largest absolute Gasteiger partial charge is 0.312 e. The summed E-state index contributed by atoms with van der Waals surface area (Å²) in [5.74, 6) is 0.871. The predicted molar refractivity (Wildman–Crippen MR) is 99.1 cm³/mol. The van der Waals surface area contributed by atoms with Crippen LogP contribution in [0.5, 0.6) is 0 Å². The molecule has 4 heterocycles. The second-order valence-electron chi connectivity index (χ2n) is 7.57. The quantitative estimate of drug-likeness (QED) is 0.751. The normalized spacial score (nSPS) is 22.0. The minimum Gasteiger partial charge on any atom is -0.312 e. The van der Waals surface area contributed by atoms with Gasteiger partial charge in [-0.25, -0.2) is 9.37 Å². The Morgan fingerprint density at radius 2 is 2.04 bits per heavy atom. The number of H-pyrrole nitrogens is 1. The molecule has 1 aromatic carbocycles. The minimum atomic E-state index is -0.444. The monoisotopic (exact) mass is 366 g/mol. The molecule has 27 heavy (non-hydrogen) atoms. The molecule has 7 heteroatoms. The first-order chi connectivity index (χ1) is 13.1. The molecule has 2 aliphatic rings. The average Bonchev–Trinajstić information content (AvgIpc) is 2.63. The first-order valence-corrected chi connectivity index (χ1v) is 9.17. The number of nitrogens with zero attached hydrogens (tertiary/aromatic N) is 3. The van der Waals surface area contributed by atoms with Gasteiger partial charge in [0.05, 0.1) is 17.4 Å². The van der Waals surface area contributed by atoms with Crippen LogP contribution in [0.25, 0.3) is 10.9 Å². The van der Waals surface area contributed by atoms with E-state index in [2.05, 4.69) is 14.9 Å². The van der Waals surface area contributed by atoms with Gasteiger partial charge in [-0.2, -0.15) is 0 Å². The van der Waals surface area contributed by atoms with Gasteiger partial charge in [-0.05, 0) is 36.6 Å². The Bertz CT molecular complexity index is 1150. The summed E-state index contributed by atoms with van der Waals surface area (Å²) in [6, 6.07) is 9.56. The van der Waals surface area contributed by atoms with E-state index in [1.165, 1.54) is 18.2 Å². The molecule has 0 unspecified atom stereocenters. The van der Waals surface area contributed by atoms with E-state index in [4.69, 9.17) is 0 Å². The lowest BCUT2D eigenvalue weighted by Gasteiger charge is -2.42. The standard InChI is InChI=1S/C20H19FN4O2/c21-14-4-5-16-15(7-14)20(27)23-18(22-16)11-24-8-12-6-13(10-24)17-2-1-3-19(26)25(17)9-12/h1-5,7,12-13H,6,8-11H2,(H,22,23,27)/t12-,13+/m1/s1. The number of aromatic amines is 1. The van der Waals surface area contributed by atoms with Crippen LogP contribution in [0.4, 0.5) is 4.39 Å². The van der Waals surface area contributed by atoms with E-state index in [9.17, 15) is 14.0 Å². The van der Waals surface area contributed by atoms with Crippen LogP contribution >= 0.6 is 0 Å². The van der Waals surface area contributed by atoms with E-state index in [1.54, 1.807) is 6.07 Å². The lowest BCUT2D eigenvalue weighted by molar-refractivity contribution is 0.112. The molecule has 1 fully saturated rings. The Labute approximate surface area is 154 Å². The average molecular weight is 366 g/mol. The van der Waals surface area contributed by atoms with Gasteiger partial charge in [0, 0.05) is 37.3 Å². The van der Waals surface area contributed by atoms with Crippen molar-refractivity contribution >= 4 is 10.9 Å². The maximum Gasteiger partial charge on any atom is 0.258 e.